The van der Waals surface area contributed by atoms with Crippen LogP contribution >= 0.6 is 0 Å². The van der Waals surface area contributed by atoms with Gasteiger partial charge in [0.25, 0.3) is 0 Å². The molecule has 1 rings (SSSR count). The Labute approximate surface area is 105 Å². The van der Waals surface area contributed by atoms with Gasteiger partial charge in [-0.3, -0.25) is 10.2 Å². The van der Waals surface area contributed by atoms with Crippen molar-refractivity contribution in [3.63, 3.8) is 0 Å². The monoisotopic (exact) mass is 250 g/mol. The van der Waals surface area contributed by atoms with E-state index in [2.05, 4.69) is 20.0 Å². The molecule has 0 radical (unpaired) electrons. The largest absolute Gasteiger partial charge is 0.469 e. The summed E-state index contributed by atoms with van der Waals surface area (Å²) >= 11 is 0. The maximum atomic E-state index is 11.4. The van der Waals surface area contributed by atoms with Gasteiger partial charge >= 0.3 is 11.9 Å². The fourth-order valence-corrected chi connectivity index (χ4v) is 1.13. The maximum Gasteiger partial charge on any atom is 0.354 e. The number of para-hydroxylation sites is 1. The molecule has 0 saturated heterocycles. The van der Waals surface area contributed by atoms with Gasteiger partial charge in [0.15, 0.2) is 5.71 Å². The highest BCUT2D eigenvalue weighted by atomic mass is 16.5. The highest BCUT2D eigenvalue weighted by Gasteiger charge is 2.16. The van der Waals surface area contributed by atoms with Crippen molar-refractivity contribution in [2.24, 2.45) is 5.10 Å². The van der Waals surface area contributed by atoms with E-state index < -0.39 is 11.9 Å². The first kappa shape index (κ1) is 13.7. The van der Waals surface area contributed by atoms with E-state index in [9.17, 15) is 9.59 Å². The van der Waals surface area contributed by atoms with Crippen LogP contribution in [0.3, 0.4) is 0 Å². The Kier molecular flexibility index (Phi) is 5.37. The number of nitrogens with zero attached hydrogens (tertiary/aromatic N) is 1. The molecule has 0 atom stereocenters. The number of carbonyl (C=O) groups is 2. The van der Waals surface area contributed by atoms with Crippen LogP contribution in [-0.2, 0) is 19.1 Å². The number of hydrogen-bond donors (Lipinski definition) is 1. The summed E-state index contributed by atoms with van der Waals surface area (Å²) in [4.78, 5) is 22.5. The topological polar surface area (TPSA) is 77.0 Å². The van der Waals surface area contributed by atoms with Crippen molar-refractivity contribution in [2.75, 3.05) is 19.6 Å². The molecule has 0 aliphatic heterocycles. The number of rotatable bonds is 5. The number of methoxy groups -OCH3 is 2. The van der Waals surface area contributed by atoms with Gasteiger partial charge in [0, 0.05) is 0 Å². The first-order chi connectivity index (χ1) is 8.67. The van der Waals surface area contributed by atoms with Gasteiger partial charge in [0.05, 0.1) is 26.3 Å². The normalized spacial score (nSPS) is 10.7. The number of carbonyl (C=O) groups excluding carboxylic acids is 2. The van der Waals surface area contributed by atoms with E-state index in [1.807, 2.05) is 18.2 Å². The van der Waals surface area contributed by atoms with Gasteiger partial charge < -0.3 is 9.47 Å². The standard InChI is InChI=1S/C12H14N2O4/c1-17-11(15)8-10(12(16)18-2)14-13-9-6-4-3-5-7-9/h3-7,13H,8H2,1-2H3/b14-10+. The second-order valence-corrected chi connectivity index (χ2v) is 3.28. The number of benzene rings is 1. The van der Waals surface area contributed by atoms with Crippen molar-refractivity contribution in [3.05, 3.63) is 30.3 Å². The molecule has 0 amide bonds. The van der Waals surface area contributed by atoms with Crippen LogP contribution in [0.5, 0.6) is 0 Å². The summed E-state index contributed by atoms with van der Waals surface area (Å²) in [7, 11) is 2.46. The minimum atomic E-state index is -0.677. The smallest absolute Gasteiger partial charge is 0.354 e. The molecular formula is C12H14N2O4. The van der Waals surface area contributed by atoms with Gasteiger partial charge in [0.1, 0.15) is 0 Å². The zero-order chi connectivity index (χ0) is 13.4. The molecule has 6 heteroatoms. The first-order valence-corrected chi connectivity index (χ1v) is 5.20. The predicted molar refractivity (Wildman–Crippen MR) is 66.1 cm³/mol. The molecule has 0 unspecified atom stereocenters. The molecule has 0 aliphatic carbocycles. The third-order valence-corrected chi connectivity index (χ3v) is 2.05. The molecule has 1 aromatic carbocycles. The van der Waals surface area contributed by atoms with Gasteiger partial charge in [-0.25, -0.2) is 4.79 Å². The minimum Gasteiger partial charge on any atom is -0.469 e. The zero-order valence-corrected chi connectivity index (χ0v) is 10.2. The molecule has 0 saturated carbocycles. The van der Waals surface area contributed by atoms with Crippen molar-refractivity contribution in [1.29, 1.82) is 0 Å². The Balaban J connectivity index is 2.76. The first-order valence-electron chi connectivity index (χ1n) is 5.20. The van der Waals surface area contributed by atoms with Crippen molar-refractivity contribution in [3.8, 4) is 0 Å². The Morgan fingerprint density at radius 3 is 2.39 bits per heavy atom. The molecule has 1 aromatic rings. The molecule has 0 spiro atoms. The van der Waals surface area contributed by atoms with Crippen LogP contribution in [-0.4, -0.2) is 31.9 Å². The second kappa shape index (κ2) is 7.05. The quantitative estimate of drug-likeness (QED) is 0.482. The van der Waals surface area contributed by atoms with Crippen LogP contribution in [0.25, 0.3) is 0 Å². The molecule has 0 fully saturated rings. The third kappa shape index (κ3) is 4.25. The average molecular weight is 250 g/mol. The summed E-state index contributed by atoms with van der Waals surface area (Å²) in [6, 6.07) is 9.03. The van der Waals surface area contributed by atoms with E-state index in [0.29, 0.717) is 5.69 Å². The molecule has 1 N–H and O–H groups in total. The SMILES string of the molecule is COC(=O)C/C(=N\Nc1ccccc1)C(=O)OC. The van der Waals surface area contributed by atoms with Crippen LogP contribution in [0.2, 0.25) is 0 Å². The van der Waals surface area contributed by atoms with Crippen LogP contribution in [0, 0.1) is 0 Å². The fourth-order valence-electron chi connectivity index (χ4n) is 1.13. The number of hydrogen-bond acceptors (Lipinski definition) is 6. The lowest BCUT2D eigenvalue weighted by Crippen LogP contribution is -2.21. The van der Waals surface area contributed by atoms with Crippen molar-refractivity contribution < 1.29 is 19.1 Å². The zero-order valence-electron chi connectivity index (χ0n) is 10.2. The molecule has 0 aliphatic rings. The van der Waals surface area contributed by atoms with Crippen molar-refractivity contribution >= 4 is 23.3 Å². The minimum absolute atomic E-state index is 0.0480. The number of nitrogens with one attached hydrogen (secondary N) is 1. The van der Waals surface area contributed by atoms with Crippen LogP contribution in [0.4, 0.5) is 5.69 Å². The molecule has 6 nitrogen and oxygen atoms in total. The van der Waals surface area contributed by atoms with Crippen LogP contribution in [0.15, 0.2) is 35.4 Å². The van der Waals surface area contributed by atoms with Gasteiger partial charge in [0.2, 0.25) is 0 Å². The van der Waals surface area contributed by atoms with Crippen LogP contribution < -0.4 is 5.43 Å². The van der Waals surface area contributed by atoms with E-state index in [1.165, 1.54) is 14.2 Å². The molecule has 96 valence electrons. The lowest BCUT2D eigenvalue weighted by Gasteiger charge is -2.05. The van der Waals surface area contributed by atoms with Crippen molar-refractivity contribution in [1.82, 2.24) is 0 Å². The Morgan fingerprint density at radius 2 is 1.83 bits per heavy atom. The summed E-state index contributed by atoms with van der Waals surface area (Å²) in [6.07, 6.45) is -0.247. The van der Waals surface area contributed by atoms with Crippen LogP contribution in [0.1, 0.15) is 6.42 Å². The highest BCUT2D eigenvalue weighted by Crippen LogP contribution is 2.05. The number of ether oxygens (including phenoxy) is 2. The lowest BCUT2D eigenvalue weighted by molar-refractivity contribution is -0.140. The van der Waals surface area contributed by atoms with E-state index in [4.69, 9.17) is 0 Å². The van der Waals surface area contributed by atoms with E-state index in [-0.39, 0.29) is 12.1 Å². The Bertz CT molecular complexity index is 443. The summed E-state index contributed by atoms with van der Waals surface area (Å²) < 4.78 is 9.00. The van der Waals surface area contributed by atoms with Gasteiger partial charge in [-0.2, -0.15) is 5.10 Å². The predicted octanol–water partition coefficient (Wildman–Crippen LogP) is 1.19. The second-order valence-electron chi connectivity index (χ2n) is 3.28. The summed E-state index contributed by atoms with van der Waals surface area (Å²) in [5.74, 6) is -1.24. The molecule has 18 heavy (non-hydrogen) atoms. The van der Waals surface area contributed by atoms with E-state index >= 15 is 0 Å². The van der Waals surface area contributed by atoms with E-state index in [1.54, 1.807) is 12.1 Å². The fraction of sp³-hybridized carbons (Fsp3) is 0.250. The molecule has 0 aromatic heterocycles. The number of anilines is 1. The Hall–Kier alpha value is -2.37. The molecule has 0 bridgehead atoms. The van der Waals surface area contributed by atoms with E-state index in [0.717, 1.165) is 0 Å². The number of esters is 2. The molecular weight excluding hydrogens is 236 g/mol. The third-order valence-electron chi connectivity index (χ3n) is 2.05. The van der Waals surface area contributed by atoms with Gasteiger partial charge in [-0.05, 0) is 12.1 Å². The van der Waals surface area contributed by atoms with Gasteiger partial charge in [-0.15, -0.1) is 0 Å². The van der Waals surface area contributed by atoms with Gasteiger partial charge in [-0.1, -0.05) is 18.2 Å². The van der Waals surface area contributed by atoms with Crippen molar-refractivity contribution in [2.45, 2.75) is 6.42 Å². The number of hydrazone groups is 1. The Morgan fingerprint density at radius 1 is 1.17 bits per heavy atom. The maximum absolute atomic E-state index is 11.4. The summed E-state index contributed by atoms with van der Waals surface area (Å²) in [6.45, 7) is 0. The highest BCUT2D eigenvalue weighted by molar-refractivity contribution is 6.39. The molecule has 0 heterocycles. The summed E-state index contributed by atoms with van der Waals surface area (Å²) in [5, 5.41) is 3.84. The lowest BCUT2D eigenvalue weighted by atomic mass is 10.3. The summed E-state index contributed by atoms with van der Waals surface area (Å²) in [5.41, 5.74) is 3.32. The average Bonchev–Trinajstić information content (AvgIpc) is 2.43.